The monoisotopic (exact) mass is 444 g/mol. The van der Waals surface area contributed by atoms with Crippen LogP contribution in [0.25, 0.3) is 0 Å². The van der Waals surface area contributed by atoms with Gasteiger partial charge in [0.15, 0.2) is 0 Å². The zero-order valence-corrected chi connectivity index (χ0v) is 15.9. The van der Waals surface area contributed by atoms with Crippen LogP contribution in [0.1, 0.15) is 27.5 Å². The van der Waals surface area contributed by atoms with Crippen LogP contribution in [-0.2, 0) is 0 Å². The smallest absolute Gasteiger partial charge is 0.251 e. The molecule has 2 aromatic carbocycles. The number of hydrogen-bond acceptors (Lipinski definition) is 2. The molecule has 24 heavy (non-hydrogen) atoms. The van der Waals surface area contributed by atoms with Gasteiger partial charge < -0.3 is 10.2 Å². The molecule has 1 atom stereocenters. The van der Waals surface area contributed by atoms with Gasteiger partial charge in [-0.1, -0.05) is 12.1 Å². The van der Waals surface area contributed by atoms with Crippen LogP contribution in [0.4, 0.5) is 8.78 Å². The average Bonchev–Trinajstić information content (AvgIpc) is 2.52. The highest BCUT2D eigenvalue weighted by Gasteiger charge is 2.23. The summed E-state index contributed by atoms with van der Waals surface area (Å²) in [6.07, 6.45) is 0. The van der Waals surface area contributed by atoms with Gasteiger partial charge in [0.2, 0.25) is 0 Å². The number of aryl methyl sites for hydroxylation is 1. The molecule has 0 bridgehead atoms. The van der Waals surface area contributed by atoms with Crippen LogP contribution < -0.4 is 5.32 Å². The topological polar surface area (TPSA) is 32.3 Å². The summed E-state index contributed by atoms with van der Waals surface area (Å²) in [5, 5.41) is 2.76. The lowest BCUT2D eigenvalue weighted by atomic mass is 10.0. The molecule has 0 saturated heterocycles. The normalized spacial score (nSPS) is 12.3. The number of carbonyl (C=O) groups is 1. The first-order valence-electron chi connectivity index (χ1n) is 7.46. The van der Waals surface area contributed by atoms with Crippen molar-refractivity contribution in [1.29, 1.82) is 0 Å². The van der Waals surface area contributed by atoms with Gasteiger partial charge in [-0.05, 0) is 73.4 Å². The zero-order valence-electron chi connectivity index (χ0n) is 13.7. The fourth-order valence-corrected chi connectivity index (χ4v) is 2.91. The second-order valence-electron chi connectivity index (χ2n) is 5.79. The van der Waals surface area contributed by atoms with Crippen LogP contribution in [-0.4, -0.2) is 31.4 Å². The van der Waals surface area contributed by atoms with Crippen LogP contribution in [0.3, 0.4) is 0 Å². The first-order chi connectivity index (χ1) is 11.3. The number of likely N-dealkylation sites (N-methyl/N-ethyl adjacent to an activating group) is 1. The molecule has 6 heteroatoms. The van der Waals surface area contributed by atoms with Crippen LogP contribution in [0, 0.1) is 22.1 Å². The second kappa shape index (κ2) is 8.02. The second-order valence-corrected chi connectivity index (χ2v) is 6.95. The van der Waals surface area contributed by atoms with Gasteiger partial charge in [-0.2, -0.15) is 0 Å². The van der Waals surface area contributed by atoms with Crippen molar-refractivity contribution in [3.8, 4) is 0 Å². The molecule has 1 unspecified atom stereocenters. The maximum absolute atomic E-state index is 14.0. The van der Waals surface area contributed by atoms with Crippen molar-refractivity contribution < 1.29 is 13.6 Å². The number of hydrogen-bond donors (Lipinski definition) is 1. The molecular formula is C18H19F2IN2O. The Morgan fingerprint density at radius 1 is 1.21 bits per heavy atom. The van der Waals surface area contributed by atoms with Crippen molar-refractivity contribution in [3.05, 3.63) is 68.3 Å². The van der Waals surface area contributed by atoms with E-state index in [1.54, 1.807) is 31.1 Å². The fraction of sp³-hybridized carbons (Fsp3) is 0.278. The van der Waals surface area contributed by atoms with E-state index >= 15 is 0 Å². The van der Waals surface area contributed by atoms with Gasteiger partial charge >= 0.3 is 0 Å². The number of rotatable bonds is 5. The van der Waals surface area contributed by atoms with Gasteiger partial charge in [0.25, 0.3) is 5.91 Å². The van der Waals surface area contributed by atoms with E-state index in [4.69, 9.17) is 0 Å². The molecule has 0 aliphatic heterocycles. The summed E-state index contributed by atoms with van der Waals surface area (Å²) in [4.78, 5) is 14.0. The third kappa shape index (κ3) is 4.30. The highest BCUT2D eigenvalue weighted by Crippen LogP contribution is 2.24. The number of carbonyl (C=O) groups excluding carboxylic acids is 1. The molecule has 2 rings (SSSR count). The number of nitrogens with zero attached hydrogens (tertiary/aromatic N) is 1. The highest BCUT2D eigenvalue weighted by atomic mass is 127. The lowest BCUT2D eigenvalue weighted by molar-refractivity contribution is 0.0940. The molecule has 0 radical (unpaired) electrons. The third-order valence-electron chi connectivity index (χ3n) is 3.85. The van der Waals surface area contributed by atoms with Gasteiger partial charge in [0.05, 0.1) is 6.04 Å². The quantitative estimate of drug-likeness (QED) is 0.710. The van der Waals surface area contributed by atoms with E-state index in [0.29, 0.717) is 5.56 Å². The molecule has 0 fully saturated rings. The summed E-state index contributed by atoms with van der Waals surface area (Å²) in [5.74, 6) is -1.50. The SMILES string of the molecule is Cc1ccc(C(=O)NCC(c2c(F)cccc2F)N(C)C)cc1I. The lowest BCUT2D eigenvalue weighted by Gasteiger charge is -2.26. The van der Waals surface area contributed by atoms with E-state index in [1.807, 2.05) is 13.0 Å². The highest BCUT2D eigenvalue weighted by molar-refractivity contribution is 14.1. The van der Waals surface area contributed by atoms with E-state index in [-0.39, 0.29) is 18.0 Å². The molecule has 0 spiro atoms. The van der Waals surface area contributed by atoms with Crippen molar-refractivity contribution in [2.75, 3.05) is 20.6 Å². The van der Waals surface area contributed by atoms with Crippen LogP contribution >= 0.6 is 22.6 Å². The van der Waals surface area contributed by atoms with Crippen molar-refractivity contribution in [2.45, 2.75) is 13.0 Å². The summed E-state index contributed by atoms with van der Waals surface area (Å²) in [6, 6.07) is 8.57. The third-order valence-corrected chi connectivity index (χ3v) is 5.01. The van der Waals surface area contributed by atoms with Crippen molar-refractivity contribution in [3.63, 3.8) is 0 Å². The van der Waals surface area contributed by atoms with Crippen molar-refractivity contribution >= 4 is 28.5 Å². The molecule has 0 heterocycles. The molecule has 128 valence electrons. The molecule has 3 nitrogen and oxygen atoms in total. The van der Waals surface area contributed by atoms with Crippen molar-refractivity contribution in [1.82, 2.24) is 10.2 Å². The average molecular weight is 444 g/mol. The van der Waals surface area contributed by atoms with Gasteiger partial charge in [-0.3, -0.25) is 4.79 Å². The largest absolute Gasteiger partial charge is 0.350 e. The van der Waals surface area contributed by atoms with Gasteiger partial charge in [0, 0.05) is 21.2 Å². The predicted molar refractivity (Wildman–Crippen MR) is 99.0 cm³/mol. The van der Waals surface area contributed by atoms with Crippen LogP contribution in [0.15, 0.2) is 36.4 Å². The fourth-order valence-electron chi connectivity index (χ4n) is 2.40. The molecule has 0 aliphatic rings. The first kappa shape index (κ1) is 18.8. The van der Waals surface area contributed by atoms with Crippen LogP contribution in [0.5, 0.6) is 0 Å². The Morgan fingerprint density at radius 2 is 1.83 bits per heavy atom. The molecule has 1 N–H and O–H groups in total. The minimum Gasteiger partial charge on any atom is -0.350 e. The minimum absolute atomic E-state index is 0.0405. The van der Waals surface area contributed by atoms with Gasteiger partial charge in [0.1, 0.15) is 11.6 Å². The Bertz CT molecular complexity index is 730. The summed E-state index contributed by atoms with van der Waals surface area (Å²) >= 11 is 2.17. The van der Waals surface area contributed by atoms with E-state index in [9.17, 15) is 13.6 Å². The van der Waals surface area contributed by atoms with Gasteiger partial charge in [-0.25, -0.2) is 8.78 Å². The first-order valence-corrected chi connectivity index (χ1v) is 8.53. The van der Waals surface area contributed by atoms with E-state index in [0.717, 1.165) is 9.13 Å². The maximum atomic E-state index is 14.0. The molecule has 2 aromatic rings. The Morgan fingerprint density at radius 3 is 2.38 bits per heavy atom. The van der Waals surface area contributed by atoms with E-state index in [2.05, 4.69) is 27.9 Å². The molecule has 0 saturated carbocycles. The number of nitrogens with one attached hydrogen (secondary N) is 1. The number of amides is 1. The summed E-state index contributed by atoms with van der Waals surface area (Å²) in [7, 11) is 3.44. The van der Waals surface area contributed by atoms with E-state index < -0.39 is 17.7 Å². The standard InChI is InChI=1S/C18H19F2IN2O/c1-11-7-8-12(9-15(11)21)18(24)22-10-16(23(2)3)17-13(19)5-4-6-14(17)20/h4-9,16H,10H2,1-3H3,(H,22,24). The number of halogens is 3. The maximum Gasteiger partial charge on any atom is 0.251 e. The molecule has 0 aromatic heterocycles. The Balaban J connectivity index is 2.17. The zero-order chi connectivity index (χ0) is 17.9. The predicted octanol–water partition coefficient (Wildman–Crippen LogP) is 3.91. The summed E-state index contributed by atoms with van der Waals surface area (Å²) in [6.45, 7) is 2.07. The van der Waals surface area contributed by atoms with Crippen molar-refractivity contribution in [2.24, 2.45) is 0 Å². The Hall–Kier alpha value is -1.54. The number of benzene rings is 2. The lowest BCUT2D eigenvalue weighted by Crippen LogP contribution is -2.35. The van der Waals surface area contributed by atoms with Crippen LogP contribution in [0.2, 0.25) is 0 Å². The minimum atomic E-state index is -0.618. The van der Waals surface area contributed by atoms with Gasteiger partial charge in [-0.15, -0.1) is 0 Å². The molecule has 1 amide bonds. The Labute approximate surface area is 154 Å². The summed E-state index contributed by atoms with van der Waals surface area (Å²) in [5.41, 5.74) is 1.57. The molecular weight excluding hydrogens is 425 g/mol. The summed E-state index contributed by atoms with van der Waals surface area (Å²) < 4.78 is 29.0. The Kier molecular flexibility index (Phi) is 6.28. The van der Waals surface area contributed by atoms with E-state index in [1.165, 1.54) is 18.2 Å². The molecule has 0 aliphatic carbocycles.